The van der Waals surface area contributed by atoms with Crippen LogP contribution in [0.1, 0.15) is 50.9 Å². The molecule has 7 heteroatoms. The molecule has 0 spiro atoms. The average Bonchev–Trinajstić information content (AvgIpc) is 3.18. The van der Waals surface area contributed by atoms with Gasteiger partial charge in [0.1, 0.15) is 24.4 Å². The van der Waals surface area contributed by atoms with Gasteiger partial charge in [-0.05, 0) is 42.6 Å². The zero-order chi connectivity index (χ0) is 24.4. The summed E-state index contributed by atoms with van der Waals surface area (Å²) in [5.41, 5.74) is 0.506. The fourth-order valence-corrected chi connectivity index (χ4v) is 5.73. The number of carbonyl (C=O) groups is 1. The number of esters is 1. The lowest BCUT2D eigenvalue weighted by atomic mass is 9.87. The lowest BCUT2D eigenvalue weighted by molar-refractivity contribution is -0.336. The van der Waals surface area contributed by atoms with Gasteiger partial charge in [-0.2, -0.15) is 0 Å². The van der Waals surface area contributed by atoms with E-state index in [4.69, 9.17) is 23.4 Å². The molecule has 6 nitrogen and oxygen atoms in total. The van der Waals surface area contributed by atoms with E-state index in [1.807, 2.05) is 18.2 Å². The number of rotatable bonds is 7. The molecule has 33 heavy (non-hydrogen) atoms. The Hall–Kier alpha value is -1.51. The molecule has 2 aliphatic rings. The summed E-state index contributed by atoms with van der Waals surface area (Å²) in [7, 11) is -0.475. The Labute approximate surface area is 199 Å². The van der Waals surface area contributed by atoms with E-state index in [1.165, 1.54) is 0 Å². The second-order valence-electron chi connectivity index (χ2n) is 10.7. The van der Waals surface area contributed by atoms with E-state index in [0.29, 0.717) is 18.6 Å². The van der Waals surface area contributed by atoms with Crippen LogP contribution in [0.15, 0.2) is 43.0 Å². The van der Waals surface area contributed by atoms with Gasteiger partial charge < -0.3 is 23.4 Å². The van der Waals surface area contributed by atoms with Crippen molar-refractivity contribution >= 4 is 14.3 Å². The number of benzene rings is 1. The van der Waals surface area contributed by atoms with Gasteiger partial charge in [0.15, 0.2) is 8.32 Å². The van der Waals surface area contributed by atoms with Crippen molar-refractivity contribution in [3.05, 3.63) is 48.6 Å². The fraction of sp³-hybridized carbons (Fsp3) is 0.654. The lowest BCUT2D eigenvalue weighted by Gasteiger charge is -2.52. The van der Waals surface area contributed by atoms with Crippen LogP contribution in [-0.4, -0.2) is 58.2 Å². The van der Waals surface area contributed by atoms with Crippen molar-refractivity contribution in [1.82, 2.24) is 0 Å². The third-order valence-corrected chi connectivity index (χ3v) is 11.9. The summed E-state index contributed by atoms with van der Waals surface area (Å²) in [5, 5.41) is 0.0393. The maximum absolute atomic E-state index is 12.7. The van der Waals surface area contributed by atoms with Crippen LogP contribution >= 0.6 is 0 Å². The first kappa shape index (κ1) is 26.1. The van der Waals surface area contributed by atoms with E-state index >= 15 is 0 Å². The van der Waals surface area contributed by atoms with Gasteiger partial charge in [0.25, 0.3) is 0 Å². The van der Waals surface area contributed by atoms with E-state index in [1.54, 1.807) is 25.3 Å². The van der Waals surface area contributed by atoms with Crippen LogP contribution in [0.25, 0.3) is 0 Å². The minimum absolute atomic E-state index is 0.0393. The van der Waals surface area contributed by atoms with E-state index in [-0.39, 0.29) is 23.0 Å². The first-order chi connectivity index (χ1) is 15.4. The fourth-order valence-electron chi connectivity index (χ4n) is 4.35. The molecule has 2 saturated heterocycles. The maximum Gasteiger partial charge on any atom is 0.338 e. The van der Waals surface area contributed by atoms with Gasteiger partial charge in [-0.25, -0.2) is 4.79 Å². The second kappa shape index (κ2) is 10.00. The summed E-state index contributed by atoms with van der Waals surface area (Å²) in [5.74, 6) is -1.23. The Morgan fingerprint density at radius 2 is 1.91 bits per heavy atom. The second-order valence-corrected chi connectivity index (χ2v) is 15.5. The van der Waals surface area contributed by atoms with Crippen molar-refractivity contribution in [2.45, 2.75) is 88.9 Å². The highest BCUT2D eigenvalue weighted by Crippen LogP contribution is 2.46. The van der Waals surface area contributed by atoms with Gasteiger partial charge in [0.2, 0.25) is 5.79 Å². The molecule has 0 amide bonds. The highest BCUT2D eigenvalue weighted by Gasteiger charge is 2.59. The Morgan fingerprint density at radius 1 is 1.24 bits per heavy atom. The Morgan fingerprint density at radius 3 is 2.48 bits per heavy atom. The Bertz CT molecular complexity index is 820. The zero-order valence-corrected chi connectivity index (χ0v) is 22.1. The first-order valence-corrected chi connectivity index (χ1v) is 14.8. The number of methoxy groups -OCH3 is 1. The lowest BCUT2D eigenvalue weighted by Crippen LogP contribution is -2.64. The van der Waals surface area contributed by atoms with Crippen LogP contribution in [0.5, 0.6) is 0 Å². The summed E-state index contributed by atoms with van der Waals surface area (Å²) in [6, 6.07) is 8.98. The molecule has 1 aromatic carbocycles. The molecule has 0 bridgehead atoms. The molecular formula is C26H40O6Si. The van der Waals surface area contributed by atoms with Crippen LogP contribution in [0.2, 0.25) is 18.1 Å². The molecule has 2 fully saturated rings. The number of ether oxygens (including phenoxy) is 4. The van der Waals surface area contributed by atoms with Crippen LogP contribution in [0.3, 0.4) is 0 Å². The van der Waals surface area contributed by atoms with Crippen LogP contribution in [0.4, 0.5) is 0 Å². The van der Waals surface area contributed by atoms with E-state index in [2.05, 4.69) is 47.4 Å². The van der Waals surface area contributed by atoms with Crippen molar-refractivity contribution in [2.24, 2.45) is 5.92 Å². The van der Waals surface area contributed by atoms with E-state index in [9.17, 15) is 4.79 Å². The number of hydrogen-bond donors (Lipinski definition) is 0. The molecule has 3 rings (SSSR count). The molecule has 1 aromatic rings. The standard InChI is InChI=1S/C26H40O6Si/c1-9-20-21(31-24(27)19-13-11-10-12-14-19)17-22(30-20)26(28-6)23(18(2)15-16-29-26)32-33(7,8)25(3,4)5/h9-14,18,20-23H,1,15-17H2,2-8H3/t18-,20-,21-,22+,23-,26-/m1/s1. The minimum Gasteiger partial charge on any atom is -0.456 e. The molecule has 2 aliphatic heterocycles. The number of hydrogen-bond acceptors (Lipinski definition) is 6. The minimum atomic E-state index is -2.12. The van der Waals surface area contributed by atoms with Crippen molar-refractivity contribution in [2.75, 3.05) is 13.7 Å². The number of carbonyl (C=O) groups excluding carboxylic acids is 1. The third kappa shape index (κ3) is 5.27. The molecule has 6 atom stereocenters. The van der Waals surface area contributed by atoms with Crippen molar-refractivity contribution < 1.29 is 28.2 Å². The quantitative estimate of drug-likeness (QED) is 0.300. The Balaban J connectivity index is 1.86. The van der Waals surface area contributed by atoms with Gasteiger partial charge in [-0.3, -0.25) is 0 Å². The summed E-state index contributed by atoms with van der Waals surface area (Å²) >= 11 is 0. The summed E-state index contributed by atoms with van der Waals surface area (Å²) in [6.07, 6.45) is 1.31. The normalized spacial score (nSPS) is 33.0. The van der Waals surface area contributed by atoms with Crippen LogP contribution in [0, 0.1) is 5.92 Å². The molecule has 0 N–H and O–H groups in total. The van der Waals surface area contributed by atoms with Gasteiger partial charge in [0.05, 0.1) is 12.2 Å². The smallest absolute Gasteiger partial charge is 0.338 e. The van der Waals surface area contributed by atoms with Gasteiger partial charge >= 0.3 is 5.97 Å². The molecule has 0 unspecified atom stereocenters. The highest BCUT2D eigenvalue weighted by molar-refractivity contribution is 6.74. The van der Waals surface area contributed by atoms with Crippen molar-refractivity contribution in [3.63, 3.8) is 0 Å². The summed E-state index contributed by atoms with van der Waals surface area (Å²) in [4.78, 5) is 12.7. The van der Waals surface area contributed by atoms with Gasteiger partial charge in [-0.1, -0.05) is 52.0 Å². The monoisotopic (exact) mass is 476 g/mol. The topological polar surface area (TPSA) is 63.2 Å². The molecule has 0 saturated carbocycles. The highest BCUT2D eigenvalue weighted by atomic mass is 28.4. The third-order valence-electron chi connectivity index (χ3n) is 7.44. The van der Waals surface area contributed by atoms with E-state index < -0.39 is 32.4 Å². The summed E-state index contributed by atoms with van der Waals surface area (Å²) in [6.45, 7) is 17.8. The van der Waals surface area contributed by atoms with Crippen molar-refractivity contribution in [3.8, 4) is 0 Å². The SMILES string of the molecule is C=C[C@H]1O[C@H]([C@@]2(OC)OCC[C@@H](C)[C@H]2O[Si](C)(C)C(C)(C)C)C[C@H]1OC(=O)c1ccccc1. The van der Waals surface area contributed by atoms with Crippen LogP contribution < -0.4 is 0 Å². The molecular weight excluding hydrogens is 436 g/mol. The zero-order valence-electron chi connectivity index (χ0n) is 21.1. The maximum atomic E-state index is 12.7. The van der Waals surface area contributed by atoms with E-state index in [0.717, 1.165) is 6.42 Å². The largest absolute Gasteiger partial charge is 0.456 e. The molecule has 0 radical (unpaired) electrons. The average molecular weight is 477 g/mol. The van der Waals surface area contributed by atoms with Crippen LogP contribution in [-0.2, 0) is 23.4 Å². The van der Waals surface area contributed by atoms with Gasteiger partial charge in [0, 0.05) is 13.5 Å². The molecule has 0 aromatic heterocycles. The Kier molecular flexibility index (Phi) is 7.91. The summed E-state index contributed by atoms with van der Waals surface area (Å²) < 4.78 is 31.6. The van der Waals surface area contributed by atoms with Crippen molar-refractivity contribution in [1.29, 1.82) is 0 Å². The first-order valence-electron chi connectivity index (χ1n) is 11.9. The predicted octanol–water partition coefficient (Wildman–Crippen LogP) is 5.35. The molecule has 0 aliphatic carbocycles. The molecule has 2 heterocycles. The van der Waals surface area contributed by atoms with Gasteiger partial charge in [-0.15, -0.1) is 6.58 Å². The predicted molar refractivity (Wildman–Crippen MR) is 131 cm³/mol. The molecule has 184 valence electrons.